The standard InChI is InChI=1S/C24H23N3S/c1-17-9-13-21(14-10-17)23-25-26-24(27(23)22-15-11-18(2)12-16-22)28-19(3)20-7-5-4-6-8-20/h4-16,19H,1-3H3. The molecule has 0 aliphatic heterocycles. The maximum atomic E-state index is 4.56. The minimum absolute atomic E-state index is 0.278. The largest absolute Gasteiger partial charge is 0.270 e. The fourth-order valence-corrected chi connectivity index (χ4v) is 4.11. The Morgan fingerprint density at radius 3 is 2.00 bits per heavy atom. The summed E-state index contributed by atoms with van der Waals surface area (Å²) in [5, 5.41) is 10.3. The van der Waals surface area contributed by atoms with Crippen molar-refractivity contribution in [1.29, 1.82) is 0 Å². The summed E-state index contributed by atoms with van der Waals surface area (Å²) in [5.41, 5.74) is 5.90. The van der Waals surface area contributed by atoms with Gasteiger partial charge in [0.15, 0.2) is 11.0 Å². The van der Waals surface area contributed by atoms with Gasteiger partial charge in [0, 0.05) is 16.5 Å². The average molecular weight is 386 g/mol. The van der Waals surface area contributed by atoms with E-state index in [2.05, 4.69) is 108 Å². The summed E-state index contributed by atoms with van der Waals surface area (Å²) in [5.74, 6) is 0.867. The molecule has 0 saturated carbocycles. The Bertz CT molecular complexity index is 1050. The number of aromatic nitrogens is 3. The second-order valence-electron chi connectivity index (χ2n) is 7.01. The van der Waals surface area contributed by atoms with Gasteiger partial charge in [-0.1, -0.05) is 89.6 Å². The van der Waals surface area contributed by atoms with Gasteiger partial charge in [-0.2, -0.15) is 0 Å². The summed E-state index contributed by atoms with van der Waals surface area (Å²) in [6, 6.07) is 27.5. The third-order valence-corrected chi connectivity index (χ3v) is 5.89. The van der Waals surface area contributed by atoms with Crippen molar-refractivity contribution in [2.45, 2.75) is 31.2 Å². The molecule has 4 rings (SSSR count). The second-order valence-corrected chi connectivity index (χ2v) is 8.32. The number of nitrogens with zero attached hydrogens (tertiary/aromatic N) is 3. The smallest absolute Gasteiger partial charge is 0.196 e. The molecule has 3 nitrogen and oxygen atoms in total. The molecule has 140 valence electrons. The van der Waals surface area contributed by atoms with Crippen molar-refractivity contribution in [3.63, 3.8) is 0 Å². The SMILES string of the molecule is Cc1ccc(-c2nnc(SC(C)c3ccccc3)n2-c2ccc(C)cc2)cc1. The van der Waals surface area contributed by atoms with Crippen molar-refractivity contribution in [3.8, 4) is 17.1 Å². The van der Waals surface area contributed by atoms with Gasteiger partial charge in [0.25, 0.3) is 0 Å². The van der Waals surface area contributed by atoms with Crippen LogP contribution in [0.3, 0.4) is 0 Å². The van der Waals surface area contributed by atoms with E-state index in [9.17, 15) is 0 Å². The Morgan fingerprint density at radius 1 is 0.750 bits per heavy atom. The molecule has 0 aliphatic rings. The Balaban J connectivity index is 1.78. The van der Waals surface area contributed by atoms with Crippen molar-refractivity contribution in [1.82, 2.24) is 14.8 Å². The zero-order valence-electron chi connectivity index (χ0n) is 16.3. The van der Waals surface area contributed by atoms with Gasteiger partial charge in [0.05, 0.1) is 0 Å². The highest BCUT2D eigenvalue weighted by Crippen LogP contribution is 2.36. The van der Waals surface area contributed by atoms with Crippen LogP contribution < -0.4 is 0 Å². The first-order valence-electron chi connectivity index (χ1n) is 9.43. The summed E-state index contributed by atoms with van der Waals surface area (Å²) in [4.78, 5) is 0. The number of thioether (sulfide) groups is 1. The van der Waals surface area contributed by atoms with E-state index in [-0.39, 0.29) is 5.25 Å². The molecule has 0 N–H and O–H groups in total. The lowest BCUT2D eigenvalue weighted by molar-refractivity contribution is 0.878. The zero-order chi connectivity index (χ0) is 19.5. The van der Waals surface area contributed by atoms with Crippen LogP contribution in [0.15, 0.2) is 84.0 Å². The number of benzene rings is 3. The summed E-state index contributed by atoms with van der Waals surface area (Å²) < 4.78 is 2.16. The summed E-state index contributed by atoms with van der Waals surface area (Å²) in [6.07, 6.45) is 0. The van der Waals surface area contributed by atoms with Gasteiger partial charge in [0.2, 0.25) is 0 Å². The molecule has 1 heterocycles. The summed E-state index contributed by atoms with van der Waals surface area (Å²) >= 11 is 1.73. The van der Waals surface area contributed by atoms with Crippen LogP contribution in [-0.4, -0.2) is 14.8 Å². The van der Waals surface area contributed by atoms with E-state index in [0.717, 1.165) is 22.2 Å². The third-order valence-electron chi connectivity index (χ3n) is 4.79. The van der Waals surface area contributed by atoms with Crippen molar-refractivity contribution in [3.05, 3.63) is 95.6 Å². The van der Waals surface area contributed by atoms with Gasteiger partial charge in [-0.3, -0.25) is 4.57 Å². The van der Waals surface area contributed by atoms with E-state index in [4.69, 9.17) is 0 Å². The highest BCUT2D eigenvalue weighted by Gasteiger charge is 2.19. The van der Waals surface area contributed by atoms with Crippen LogP contribution in [0.25, 0.3) is 17.1 Å². The molecule has 3 aromatic carbocycles. The Hall–Kier alpha value is -2.85. The molecule has 4 aromatic rings. The van der Waals surface area contributed by atoms with Crippen LogP contribution in [0.2, 0.25) is 0 Å². The van der Waals surface area contributed by atoms with Gasteiger partial charge in [0.1, 0.15) is 0 Å². The van der Waals surface area contributed by atoms with E-state index in [1.165, 1.54) is 16.7 Å². The molecule has 0 aliphatic carbocycles. The number of aryl methyl sites for hydroxylation is 2. The van der Waals surface area contributed by atoms with Crippen LogP contribution in [-0.2, 0) is 0 Å². The van der Waals surface area contributed by atoms with Crippen LogP contribution >= 0.6 is 11.8 Å². The number of rotatable bonds is 5. The topological polar surface area (TPSA) is 30.7 Å². The molecule has 4 heteroatoms. The molecule has 0 fully saturated rings. The maximum absolute atomic E-state index is 4.56. The van der Waals surface area contributed by atoms with Gasteiger partial charge < -0.3 is 0 Å². The first-order chi connectivity index (χ1) is 13.6. The maximum Gasteiger partial charge on any atom is 0.196 e. The zero-order valence-corrected chi connectivity index (χ0v) is 17.1. The first-order valence-corrected chi connectivity index (χ1v) is 10.3. The van der Waals surface area contributed by atoms with E-state index < -0.39 is 0 Å². The Kier molecular flexibility index (Phi) is 5.31. The molecule has 0 spiro atoms. The fraction of sp³-hybridized carbons (Fsp3) is 0.167. The van der Waals surface area contributed by atoms with Crippen LogP contribution in [0.1, 0.15) is 28.9 Å². The first kappa shape index (κ1) is 18.5. The molecular formula is C24H23N3S. The van der Waals surface area contributed by atoms with Crippen molar-refractivity contribution in [2.24, 2.45) is 0 Å². The predicted octanol–water partition coefficient (Wildman–Crippen LogP) is 6.40. The Morgan fingerprint density at radius 2 is 1.36 bits per heavy atom. The third kappa shape index (κ3) is 3.87. The monoisotopic (exact) mass is 385 g/mol. The molecule has 0 radical (unpaired) electrons. The van der Waals surface area contributed by atoms with Crippen molar-refractivity contribution < 1.29 is 0 Å². The number of hydrogen-bond acceptors (Lipinski definition) is 3. The highest BCUT2D eigenvalue weighted by atomic mass is 32.2. The van der Waals surface area contributed by atoms with Crippen molar-refractivity contribution in [2.75, 3.05) is 0 Å². The van der Waals surface area contributed by atoms with E-state index in [1.54, 1.807) is 11.8 Å². The van der Waals surface area contributed by atoms with Gasteiger partial charge in [-0.25, -0.2) is 0 Å². The summed E-state index contributed by atoms with van der Waals surface area (Å²) in [6.45, 7) is 6.40. The molecule has 0 saturated heterocycles. The molecular weight excluding hydrogens is 362 g/mol. The van der Waals surface area contributed by atoms with Crippen molar-refractivity contribution >= 4 is 11.8 Å². The molecule has 1 unspecified atom stereocenters. The lowest BCUT2D eigenvalue weighted by Crippen LogP contribution is -2.01. The van der Waals surface area contributed by atoms with E-state index in [0.29, 0.717) is 0 Å². The number of hydrogen-bond donors (Lipinski definition) is 0. The molecule has 0 amide bonds. The molecule has 1 aromatic heterocycles. The predicted molar refractivity (Wildman–Crippen MR) is 117 cm³/mol. The average Bonchev–Trinajstić information content (AvgIpc) is 3.13. The van der Waals surface area contributed by atoms with Gasteiger partial charge in [-0.15, -0.1) is 10.2 Å². The molecule has 1 atom stereocenters. The van der Waals surface area contributed by atoms with E-state index >= 15 is 0 Å². The fourth-order valence-electron chi connectivity index (χ4n) is 3.11. The van der Waals surface area contributed by atoms with Gasteiger partial charge in [-0.05, 0) is 38.5 Å². The van der Waals surface area contributed by atoms with Crippen LogP contribution in [0.5, 0.6) is 0 Å². The van der Waals surface area contributed by atoms with Crippen LogP contribution in [0.4, 0.5) is 0 Å². The minimum atomic E-state index is 0.278. The lowest BCUT2D eigenvalue weighted by atomic mass is 10.1. The normalized spacial score (nSPS) is 12.1. The molecule has 0 bridgehead atoms. The second kappa shape index (κ2) is 8.03. The van der Waals surface area contributed by atoms with E-state index in [1.807, 2.05) is 6.07 Å². The lowest BCUT2D eigenvalue weighted by Gasteiger charge is -2.14. The highest BCUT2D eigenvalue weighted by molar-refractivity contribution is 7.99. The Labute approximate surface area is 170 Å². The minimum Gasteiger partial charge on any atom is -0.270 e. The van der Waals surface area contributed by atoms with Gasteiger partial charge >= 0.3 is 0 Å². The summed E-state index contributed by atoms with van der Waals surface area (Å²) in [7, 11) is 0. The van der Waals surface area contributed by atoms with Crippen LogP contribution in [0, 0.1) is 13.8 Å². The molecule has 28 heavy (non-hydrogen) atoms. The quantitative estimate of drug-likeness (QED) is 0.372.